The van der Waals surface area contributed by atoms with Crippen molar-refractivity contribution in [3.63, 3.8) is 0 Å². The Hall–Kier alpha value is -1.69. The topological polar surface area (TPSA) is 47.0 Å². The highest BCUT2D eigenvalue weighted by molar-refractivity contribution is 7.15. The minimum absolute atomic E-state index is 0.301. The third-order valence-corrected chi connectivity index (χ3v) is 3.35. The third-order valence-electron chi connectivity index (χ3n) is 2.49. The molecule has 0 saturated carbocycles. The number of aryl methyl sites for hydroxylation is 1. The van der Waals surface area contributed by atoms with Crippen LogP contribution in [0, 0.1) is 12.7 Å². The van der Waals surface area contributed by atoms with Gasteiger partial charge in [-0.1, -0.05) is 24.3 Å². The molecule has 0 radical (unpaired) electrons. The molecule has 1 heterocycles. The Kier molecular flexibility index (Phi) is 4.68. The number of nitrogens with one attached hydrogen (secondary N) is 1. The molecule has 1 aromatic carbocycles. The van der Waals surface area contributed by atoms with Gasteiger partial charge in [-0.05, 0) is 25.0 Å². The van der Waals surface area contributed by atoms with Gasteiger partial charge >= 0.3 is 0 Å². The molecule has 102 valence electrons. The molecule has 4 nitrogen and oxygen atoms in total. The molecule has 0 amide bonds. The lowest BCUT2D eigenvalue weighted by molar-refractivity contribution is 0.301. The van der Waals surface area contributed by atoms with Crippen LogP contribution in [-0.2, 0) is 6.61 Å². The maximum absolute atomic E-state index is 13.1. The molecule has 6 heteroatoms. The van der Waals surface area contributed by atoms with Crippen molar-refractivity contribution in [3.05, 3.63) is 34.6 Å². The molecule has 0 atom stereocenters. The maximum atomic E-state index is 13.1. The number of benzene rings is 1. The van der Waals surface area contributed by atoms with Crippen LogP contribution in [0.3, 0.4) is 0 Å². The summed E-state index contributed by atoms with van der Waals surface area (Å²) in [6, 6.07) is 4.49. The number of ether oxygens (including phenoxy) is 1. The molecular weight excluding hydrogens is 265 g/mol. The number of hydrogen-bond donors (Lipinski definition) is 1. The van der Waals surface area contributed by atoms with Gasteiger partial charge in [0.05, 0.1) is 0 Å². The first kappa shape index (κ1) is 13.7. The normalized spacial score (nSPS) is 10.5. The minimum Gasteiger partial charge on any atom is -0.486 e. The SMILES string of the molecule is CCCNc1nnc(COc2cc(F)ccc2C)s1. The standard InChI is InChI=1S/C13H16FN3OS/c1-3-6-15-13-17-16-12(19-13)8-18-11-7-10(14)5-4-9(11)2/h4-5,7H,3,6,8H2,1-2H3,(H,15,17). The van der Waals surface area contributed by atoms with E-state index in [4.69, 9.17) is 4.74 Å². The van der Waals surface area contributed by atoms with E-state index < -0.39 is 0 Å². The minimum atomic E-state index is -0.303. The number of hydrogen-bond acceptors (Lipinski definition) is 5. The number of nitrogens with zero attached hydrogens (tertiary/aromatic N) is 2. The maximum Gasteiger partial charge on any atom is 0.205 e. The zero-order valence-electron chi connectivity index (χ0n) is 10.9. The Morgan fingerprint density at radius 3 is 3.00 bits per heavy atom. The highest BCUT2D eigenvalue weighted by Gasteiger charge is 2.06. The van der Waals surface area contributed by atoms with Crippen LogP contribution in [0.25, 0.3) is 0 Å². The van der Waals surface area contributed by atoms with E-state index in [2.05, 4.69) is 22.4 Å². The summed E-state index contributed by atoms with van der Waals surface area (Å²) in [6.45, 7) is 5.14. The summed E-state index contributed by atoms with van der Waals surface area (Å²) in [4.78, 5) is 0. The number of anilines is 1. The lowest BCUT2D eigenvalue weighted by atomic mass is 10.2. The van der Waals surface area contributed by atoms with Crippen LogP contribution >= 0.6 is 11.3 Å². The molecule has 0 bridgehead atoms. The van der Waals surface area contributed by atoms with Gasteiger partial charge in [0.25, 0.3) is 0 Å². The highest BCUT2D eigenvalue weighted by atomic mass is 32.1. The van der Waals surface area contributed by atoms with Crippen LogP contribution < -0.4 is 10.1 Å². The molecule has 0 aliphatic heterocycles. The second-order valence-corrected chi connectivity index (χ2v) is 5.19. The second-order valence-electron chi connectivity index (χ2n) is 4.13. The molecule has 0 spiro atoms. The Morgan fingerprint density at radius 1 is 1.37 bits per heavy atom. The molecule has 0 saturated heterocycles. The molecule has 2 aromatic rings. The molecule has 0 fully saturated rings. The van der Waals surface area contributed by atoms with E-state index in [1.54, 1.807) is 6.07 Å². The third kappa shape index (κ3) is 3.89. The van der Waals surface area contributed by atoms with Gasteiger partial charge in [0.1, 0.15) is 18.2 Å². The highest BCUT2D eigenvalue weighted by Crippen LogP contribution is 2.22. The van der Waals surface area contributed by atoms with Gasteiger partial charge in [-0.3, -0.25) is 0 Å². The van der Waals surface area contributed by atoms with Gasteiger partial charge in [0, 0.05) is 12.6 Å². The molecule has 1 aromatic heterocycles. The number of rotatable bonds is 6. The van der Waals surface area contributed by atoms with Crippen molar-refractivity contribution in [2.24, 2.45) is 0 Å². The fraction of sp³-hybridized carbons (Fsp3) is 0.385. The van der Waals surface area contributed by atoms with Crippen LogP contribution in [-0.4, -0.2) is 16.7 Å². The van der Waals surface area contributed by atoms with E-state index in [1.807, 2.05) is 6.92 Å². The van der Waals surface area contributed by atoms with Gasteiger partial charge in [-0.25, -0.2) is 4.39 Å². The summed E-state index contributed by atoms with van der Waals surface area (Å²) in [5, 5.41) is 12.7. The molecule has 0 unspecified atom stereocenters. The first-order valence-corrected chi connectivity index (χ1v) is 6.96. The van der Waals surface area contributed by atoms with Gasteiger partial charge in [-0.15, -0.1) is 10.2 Å². The average molecular weight is 281 g/mol. The predicted molar refractivity (Wildman–Crippen MR) is 74.2 cm³/mol. The summed E-state index contributed by atoms with van der Waals surface area (Å²) in [5.74, 6) is 0.237. The van der Waals surface area contributed by atoms with E-state index in [0.717, 1.165) is 28.7 Å². The lowest BCUT2D eigenvalue weighted by Gasteiger charge is -2.06. The van der Waals surface area contributed by atoms with E-state index in [9.17, 15) is 4.39 Å². The fourth-order valence-electron chi connectivity index (χ4n) is 1.48. The zero-order chi connectivity index (χ0) is 13.7. The molecule has 0 aliphatic carbocycles. The predicted octanol–water partition coefficient (Wildman–Crippen LogP) is 3.39. The van der Waals surface area contributed by atoms with Crippen LogP contribution in [0.15, 0.2) is 18.2 Å². The van der Waals surface area contributed by atoms with E-state index in [-0.39, 0.29) is 5.82 Å². The van der Waals surface area contributed by atoms with Crippen molar-refractivity contribution < 1.29 is 9.13 Å². The second kappa shape index (κ2) is 6.47. The van der Waals surface area contributed by atoms with Crippen molar-refractivity contribution in [2.45, 2.75) is 26.9 Å². The largest absolute Gasteiger partial charge is 0.486 e. The quantitative estimate of drug-likeness (QED) is 0.881. The number of halogens is 1. The Balaban J connectivity index is 1.94. The van der Waals surface area contributed by atoms with Gasteiger partial charge < -0.3 is 10.1 Å². The molecule has 19 heavy (non-hydrogen) atoms. The van der Waals surface area contributed by atoms with Crippen molar-refractivity contribution >= 4 is 16.5 Å². The van der Waals surface area contributed by atoms with Crippen LogP contribution in [0.4, 0.5) is 9.52 Å². The number of aromatic nitrogens is 2. The van der Waals surface area contributed by atoms with Crippen molar-refractivity contribution in [1.82, 2.24) is 10.2 Å². The molecule has 0 aliphatic rings. The smallest absolute Gasteiger partial charge is 0.205 e. The van der Waals surface area contributed by atoms with Gasteiger partial charge in [-0.2, -0.15) is 0 Å². The average Bonchev–Trinajstić information content (AvgIpc) is 2.85. The van der Waals surface area contributed by atoms with Crippen molar-refractivity contribution in [1.29, 1.82) is 0 Å². The van der Waals surface area contributed by atoms with Crippen LogP contribution in [0.2, 0.25) is 0 Å². The Labute approximate surface area is 115 Å². The molecular formula is C13H16FN3OS. The van der Waals surface area contributed by atoms with Crippen LogP contribution in [0.1, 0.15) is 23.9 Å². The van der Waals surface area contributed by atoms with Crippen molar-refractivity contribution in [2.75, 3.05) is 11.9 Å². The Bertz CT molecular complexity index is 544. The summed E-state index contributed by atoms with van der Waals surface area (Å²) >= 11 is 1.45. The van der Waals surface area contributed by atoms with E-state index in [0.29, 0.717) is 12.4 Å². The monoisotopic (exact) mass is 281 g/mol. The zero-order valence-corrected chi connectivity index (χ0v) is 11.8. The van der Waals surface area contributed by atoms with Crippen molar-refractivity contribution in [3.8, 4) is 5.75 Å². The summed E-state index contributed by atoms with van der Waals surface area (Å²) in [5.41, 5.74) is 0.898. The summed E-state index contributed by atoms with van der Waals surface area (Å²) < 4.78 is 18.7. The fourth-order valence-corrected chi connectivity index (χ4v) is 2.16. The first-order valence-electron chi connectivity index (χ1n) is 6.14. The van der Waals surface area contributed by atoms with Gasteiger partial charge in [0.15, 0.2) is 5.01 Å². The molecule has 1 N–H and O–H groups in total. The van der Waals surface area contributed by atoms with Gasteiger partial charge in [0.2, 0.25) is 5.13 Å². The lowest BCUT2D eigenvalue weighted by Crippen LogP contribution is -1.98. The van der Waals surface area contributed by atoms with E-state index >= 15 is 0 Å². The Morgan fingerprint density at radius 2 is 2.21 bits per heavy atom. The van der Waals surface area contributed by atoms with E-state index in [1.165, 1.54) is 23.5 Å². The summed E-state index contributed by atoms with van der Waals surface area (Å²) in [7, 11) is 0. The van der Waals surface area contributed by atoms with Crippen LogP contribution in [0.5, 0.6) is 5.75 Å². The first-order chi connectivity index (χ1) is 9.19. The summed E-state index contributed by atoms with van der Waals surface area (Å²) in [6.07, 6.45) is 1.04. The molecule has 2 rings (SSSR count).